The number of hydrogen-bond donors (Lipinski definition) is 1. The molecule has 1 saturated heterocycles. The maximum Gasteiger partial charge on any atom is 0.277 e. The molecule has 2 aromatic carbocycles. The molecule has 2 heterocycles. The summed E-state index contributed by atoms with van der Waals surface area (Å²) in [6.45, 7) is 4.31. The van der Waals surface area contributed by atoms with E-state index in [9.17, 15) is 4.79 Å². The van der Waals surface area contributed by atoms with Gasteiger partial charge in [-0.3, -0.25) is 9.69 Å². The second-order valence-corrected chi connectivity index (χ2v) is 7.99. The number of rotatable bonds is 5. The van der Waals surface area contributed by atoms with Crippen molar-refractivity contribution in [1.29, 1.82) is 0 Å². The van der Waals surface area contributed by atoms with E-state index in [1.165, 1.54) is 24.8 Å². The summed E-state index contributed by atoms with van der Waals surface area (Å²) in [7, 11) is 0. The van der Waals surface area contributed by atoms with Crippen LogP contribution in [0.2, 0.25) is 5.02 Å². The molecule has 1 aliphatic heterocycles. The van der Waals surface area contributed by atoms with Crippen molar-refractivity contribution in [3.05, 3.63) is 70.9 Å². The number of nitrogens with zero attached hydrogens (tertiary/aromatic N) is 2. The molecule has 0 aliphatic carbocycles. The lowest BCUT2D eigenvalue weighted by Crippen LogP contribution is -2.36. The van der Waals surface area contributed by atoms with Gasteiger partial charge in [0.2, 0.25) is 0 Å². The molecule has 1 amide bonds. The fourth-order valence-corrected chi connectivity index (χ4v) is 3.83. The molecule has 6 heteroatoms. The first-order valence-electron chi connectivity index (χ1n) is 9.95. The number of anilines is 1. The van der Waals surface area contributed by atoms with Crippen LogP contribution < -0.4 is 5.32 Å². The highest BCUT2D eigenvalue weighted by molar-refractivity contribution is 6.30. The number of aromatic nitrogens is 1. The molecule has 0 bridgehead atoms. The van der Waals surface area contributed by atoms with E-state index in [4.69, 9.17) is 16.1 Å². The molecule has 1 unspecified atom stereocenters. The van der Waals surface area contributed by atoms with Crippen LogP contribution in [0.3, 0.4) is 0 Å². The molecule has 1 N–H and O–H groups in total. The van der Waals surface area contributed by atoms with Crippen molar-refractivity contribution < 1.29 is 9.32 Å². The van der Waals surface area contributed by atoms with Crippen LogP contribution >= 0.6 is 11.6 Å². The van der Waals surface area contributed by atoms with Crippen LogP contribution in [-0.4, -0.2) is 28.6 Å². The van der Waals surface area contributed by atoms with Crippen LogP contribution in [0, 0.1) is 0 Å². The van der Waals surface area contributed by atoms with Crippen molar-refractivity contribution in [2.24, 2.45) is 0 Å². The van der Waals surface area contributed by atoms with Gasteiger partial charge in [-0.25, -0.2) is 0 Å². The fraction of sp³-hybridized carbons (Fsp3) is 0.304. The Bertz CT molecular complexity index is 984. The average Bonchev–Trinajstić information content (AvgIpc) is 3.21. The summed E-state index contributed by atoms with van der Waals surface area (Å²) in [5.74, 6) is 0.233. The quantitative estimate of drug-likeness (QED) is 0.594. The first-order valence-corrected chi connectivity index (χ1v) is 10.3. The van der Waals surface area contributed by atoms with Crippen molar-refractivity contribution in [3.63, 3.8) is 0 Å². The second kappa shape index (κ2) is 8.80. The zero-order valence-corrected chi connectivity index (χ0v) is 17.2. The summed E-state index contributed by atoms with van der Waals surface area (Å²) in [5.41, 5.74) is 3.01. The second-order valence-electron chi connectivity index (χ2n) is 7.55. The van der Waals surface area contributed by atoms with E-state index in [0.717, 1.165) is 24.3 Å². The number of likely N-dealkylation sites (tertiary alicyclic amines) is 1. The molecule has 0 spiro atoms. The first-order chi connectivity index (χ1) is 14.1. The third-order valence-electron chi connectivity index (χ3n) is 5.38. The van der Waals surface area contributed by atoms with Crippen molar-refractivity contribution in [2.45, 2.75) is 38.8 Å². The van der Waals surface area contributed by atoms with Gasteiger partial charge in [-0.15, -0.1) is 0 Å². The van der Waals surface area contributed by atoms with Gasteiger partial charge in [-0.05, 0) is 68.3 Å². The van der Waals surface area contributed by atoms with Gasteiger partial charge in [-0.1, -0.05) is 35.3 Å². The summed E-state index contributed by atoms with van der Waals surface area (Å²) in [4.78, 5) is 15.1. The summed E-state index contributed by atoms with van der Waals surface area (Å²) >= 11 is 5.91. The average molecular weight is 410 g/mol. The predicted molar refractivity (Wildman–Crippen MR) is 115 cm³/mol. The zero-order chi connectivity index (χ0) is 20.2. The fourth-order valence-electron chi connectivity index (χ4n) is 3.70. The Morgan fingerprint density at radius 1 is 1.21 bits per heavy atom. The van der Waals surface area contributed by atoms with E-state index < -0.39 is 0 Å². The third-order valence-corrected chi connectivity index (χ3v) is 5.63. The topological polar surface area (TPSA) is 58.4 Å². The molecule has 5 nitrogen and oxygen atoms in total. The van der Waals surface area contributed by atoms with Crippen molar-refractivity contribution in [2.75, 3.05) is 11.9 Å². The molecule has 0 radical (unpaired) electrons. The van der Waals surface area contributed by atoms with Gasteiger partial charge in [0.15, 0.2) is 11.5 Å². The smallest absolute Gasteiger partial charge is 0.277 e. The number of hydrogen-bond acceptors (Lipinski definition) is 4. The Morgan fingerprint density at radius 3 is 2.83 bits per heavy atom. The number of carbonyl (C=O) groups is 1. The maximum atomic E-state index is 12.6. The Balaban J connectivity index is 1.43. The SMILES string of the molecule is CC1CCCCN1Cc1cccc(NC(=O)c2cc(-c3ccc(Cl)cc3)on2)c1. The van der Waals surface area contributed by atoms with Crippen LogP contribution in [-0.2, 0) is 6.54 Å². The molecule has 0 saturated carbocycles. The van der Waals surface area contributed by atoms with E-state index in [0.29, 0.717) is 16.8 Å². The molecular formula is C23H24ClN3O2. The standard InChI is InChI=1S/C23H24ClN3O2/c1-16-5-2-3-12-27(16)15-17-6-4-7-20(13-17)25-23(28)21-14-22(29-26-21)18-8-10-19(24)11-9-18/h4,6-11,13-14,16H,2-3,5,12,15H2,1H3,(H,25,28). The Morgan fingerprint density at radius 2 is 2.03 bits per heavy atom. The maximum absolute atomic E-state index is 12.6. The van der Waals surface area contributed by atoms with E-state index in [2.05, 4.69) is 28.4 Å². The highest BCUT2D eigenvalue weighted by Crippen LogP contribution is 2.23. The summed E-state index contributed by atoms with van der Waals surface area (Å²) < 4.78 is 5.32. The largest absolute Gasteiger partial charge is 0.355 e. The number of amides is 1. The van der Waals surface area contributed by atoms with Crippen molar-refractivity contribution >= 4 is 23.2 Å². The highest BCUT2D eigenvalue weighted by atomic mass is 35.5. The first kappa shape index (κ1) is 19.7. The monoisotopic (exact) mass is 409 g/mol. The predicted octanol–water partition coefficient (Wildman–Crippen LogP) is 5.62. The molecule has 1 atom stereocenters. The van der Waals surface area contributed by atoms with Crippen molar-refractivity contribution in [3.8, 4) is 11.3 Å². The normalized spacial score (nSPS) is 17.2. The molecule has 1 aromatic heterocycles. The van der Waals surface area contributed by atoms with Crippen LogP contribution in [0.15, 0.2) is 59.1 Å². The molecule has 150 valence electrons. The van der Waals surface area contributed by atoms with Gasteiger partial charge in [0.05, 0.1) is 0 Å². The third kappa shape index (κ3) is 4.86. The highest BCUT2D eigenvalue weighted by Gasteiger charge is 2.18. The Hall–Kier alpha value is -2.63. The molecule has 29 heavy (non-hydrogen) atoms. The van der Waals surface area contributed by atoms with Gasteiger partial charge >= 0.3 is 0 Å². The van der Waals surface area contributed by atoms with Gasteiger partial charge in [0, 0.05) is 34.9 Å². The van der Waals surface area contributed by atoms with Gasteiger partial charge in [0.1, 0.15) is 0 Å². The van der Waals surface area contributed by atoms with E-state index in [1.807, 2.05) is 30.3 Å². The summed E-state index contributed by atoms with van der Waals surface area (Å²) in [5, 5.41) is 7.47. The number of halogens is 1. The van der Waals surface area contributed by atoms with E-state index >= 15 is 0 Å². The van der Waals surface area contributed by atoms with Crippen LogP contribution in [0.1, 0.15) is 42.2 Å². The molecular weight excluding hydrogens is 386 g/mol. The van der Waals surface area contributed by atoms with Crippen molar-refractivity contribution in [1.82, 2.24) is 10.1 Å². The lowest BCUT2D eigenvalue weighted by atomic mass is 10.0. The lowest BCUT2D eigenvalue weighted by Gasteiger charge is -2.33. The van der Waals surface area contributed by atoms with Crippen LogP contribution in [0.5, 0.6) is 0 Å². The lowest BCUT2D eigenvalue weighted by molar-refractivity contribution is 0.101. The van der Waals surface area contributed by atoms with Crippen LogP contribution in [0.4, 0.5) is 5.69 Å². The molecule has 1 fully saturated rings. The molecule has 3 aromatic rings. The minimum absolute atomic E-state index is 0.241. The zero-order valence-electron chi connectivity index (χ0n) is 16.4. The minimum atomic E-state index is -0.294. The number of nitrogens with one attached hydrogen (secondary N) is 1. The molecule has 1 aliphatic rings. The summed E-state index contributed by atoms with van der Waals surface area (Å²) in [6, 6.07) is 17.4. The minimum Gasteiger partial charge on any atom is -0.355 e. The summed E-state index contributed by atoms with van der Waals surface area (Å²) in [6.07, 6.45) is 3.81. The Kier molecular flexibility index (Phi) is 5.97. The number of benzene rings is 2. The van der Waals surface area contributed by atoms with Gasteiger partial charge in [0.25, 0.3) is 5.91 Å². The molecule has 4 rings (SSSR count). The van der Waals surface area contributed by atoms with Crippen LogP contribution in [0.25, 0.3) is 11.3 Å². The van der Waals surface area contributed by atoms with Gasteiger partial charge < -0.3 is 9.84 Å². The van der Waals surface area contributed by atoms with E-state index in [-0.39, 0.29) is 11.6 Å². The number of carbonyl (C=O) groups excluding carboxylic acids is 1. The van der Waals surface area contributed by atoms with Gasteiger partial charge in [-0.2, -0.15) is 0 Å². The van der Waals surface area contributed by atoms with E-state index in [1.54, 1.807) is 18.2 Å². The Labute approximate surface area is 175 Å². The number of piperidine rings is 1.